The summed E-state index contributed by atoms with van der Waals surface area (Å²) in [5.74, 6) is 0.0224. The highest BCUT2D eigenvalue weighted by Crippen LogP contribution is 2.15. The second-order valence-corrected chi connectivity index (χ2v) is 5.39. The average Bonchev–Trinajstić information content (AvgIpc) is 2.98. The first-order valence-corrected chi connectivity index (χ1v) is 7.37. The fraction of sp³-hybridized carbons (Fsp3) is 0.562. The standard InChI is InChI=1S/C16H23NO4/c1-20-14-6-4-12(5-7-14)9-13(10-16(18)19)17-11-15-3-2-8-21-15/h4-7,13,15,17H,2-3,8-11H2,1H3,(H,18,19). The lowest BCUT2D eigenvalue weighted by atomic mass is 10.0. The monoisotopic (exact) mass is 293 g/mol. The minimum atomic E-state index is -0.784. The van der Waals surface area contributed by atoms with E-state index in [0.29, 0.717) is 13.0 Å². The number of benzene rings is 1. The molecule has 2 unspecified atom stereocenters. The molecule has 0 aromatic heterocycles. The van der Waals surface area contributed by atoms with Crippen molar-refractivity contribution in [3.05, 3.63) is 29.8 Å². The Kier molecular flexibility index (Phi) is 6.02. The fourth-order valence-corrected chi connectivity index (χ4v) is 2.58. The lowest BCUT2D eigenvalue weighted by Gasteiger charge is -2.19. The first-order chi connectivity index (χ1) is 10.2. The highest BCUT2D eigenvalue weighted by Gasteiger charge is 2.19. The Hall–Kier alpha value is -1.59. The third-order valence-electron chi connectivity index (χ3n) is 3.72. The van der Waals surface area contributed by atoms with Gasteiger partial charge in [0.15, 0.2) is 0 Å². The van der Waals surface area contributed by atoms with Crippen molar-refractivity contribution in [1.82, 2.24) is 5.32 Å². The van der Waals surface area contributed by atoms with E-state index in [1.54, 1.807) is 7.11 Å². The van der Waals surface area contributed by atoms with Gasteiger partial charge < -0.3 is 19.9 Å². The largest absolute Gasteiger partial charge is 0.497 e. The Morgan fingerprint density at radius 3 is 2.81 bits per heavy atom. The van der Waals surface area contributed by atoms with Crippen molar-refractivity contribution in [3.8, 4) is 5.75 Å². The third-order valence-corrected chi connectivity index (χ3v) is 3.72. The molecule has 0 spiro atoms. The summed E-state index contributed by atoms with van der Waals surface area (Å²) in [7, 11) is 1.63. The zero-order valence-electron chi connectivity index (χ0n) is 12.4. The maximum absolute atomic E-state index is 11.0. The van der Waals surface area contributed by atoms with Crippen LogP contribution in [0.2, 0.25) is 0 Å². The van der Waals surface area contributed by atoms with E-state index in [9.17, 15) is 4.79 Å². The maximum atomic E-state index is 11.0. The van der Waals surface area contributed by atoms with E-state index < -0.39 is 5.97 Å². The second-order valence-electron chi connectivity index (χ2n) is 5.39. The van der Waals surface area contributed by atoms with E-state index in [0.717, 1.165) is 30.8 Å². The number of nitrogens with one attached hydrogen (secondary N) is 1. The van der Waals surface area contributed by atoms with Crippen LogP contribution in [0.5, 0.6) is 5.75 Å². The number of carbonyl (C=O) groups is 1. The van der Waals surface area contributed by atoms with E-state index in [2.05, 4.69) is 5.32 Å². The molecule has 1 aliphatic heterocycles. The van der Waals surface area contributed by atoms with Crippen molar-refractivity contribution in [2.75, 3.05) is 20.3 Å². The molecule has 0 saturated carbocycles. The highest BCUT2D eigenvalue weighted by molar-refractivity contribution is 5.67. The topological polar surface area (TPSA) is 67.8 Å². The van der Waals surface area contributed by atoms with Crippen LogP contribution in [0.15, 0.2) is 24.3 Å². The van der Waals surface area contributed by atoms with Crippen molar-refractivity contribution in [2.24, 2.45) is 0 Å². The Morgan fingerprint density at radius 1 is 1.48 bits per heavy atom. The molecule has 0 amide bonds. The molecule has 21 heavy (non-hydrogen) atoms. The quantitative estimate of drug-likeness (QED) is 0.765. The van der Waals surface area contributed by atoms with Gasteiger partial charge in [0.25, 0.3) is 0 Å². The van der Waals surface area contributed by atoms with Gasteiger partial charge in [0.05, 0.1) is 19.6 Å². The first kappa shape index (κ1) is 15.8. The van der Waals surface area contributed by atoms with Crippen molar-refractivity contribution >= 4 is 5.97 Å². The molecule has 116 valence electrons. The Bertz CT molecular complexity index is 440. The normalized spacial score (nSPS) is 19.4. The molecule has 5 nitrogen and oxygen atoms in total. The molecule has 2 rings (SSSR count). The number of rotatable bonds is 8. The summed E-state index contributed by atoms with van der Waals surface area (Å²) in [6.45, 7) is 1.53. The zero-order chi connectivity index (χ0) is 15.1. The van der Waals surface area contributed by atoms with Crippen LogP contribution in [-0.2, 0) is 16.0 Å². The van der Waals surface area contributed by atoms with Gasteiger partial charge in [-0.15, -0.1) is 0 Å². The van der Waals surface area contributed by atoms with Crippen molar-refractivity contribution in [3.63, 3.8) is 0 Å². The smallest absolute Gasteiger partial charge is 0.304 e. The van der Waals surface area contributed by atoms with Gasteiger partial charge in [0.1, 0.15) is 5.75 Å². The Balaban J connectivity index is 1.89. The van der Waals surface area contributed by atoms with Crippen LogP contribution in [-0.4, -0.2) is 43.5 Å². The summed E-state index contributed by atoms with van der Waals surface area (Å²) in [5.41, 5.74) is 1.10. The predicted octanol–water partition coefficient (Wildman–Crippen LogP) is 1.85. The van der Waals surface area contributed by atoms with E-state index in [1.807, 2.05) is 24.3 Å². The maximum Gasteiger partial charge on any atom is 0.304 e. The average molecular weight is 293 g/mol. The van der Waals surface area contributed by atoms with Crippen LogP contribution >= 0.6 is 0 Å². The van der Waals surface area contributed by atoms with Crippen molar-refractivity contribution in [1.29, 1.82) is 0 Å². The number of ether oxygens (including phenoxy) is 2. The summed E-state index contributed by atoms with van der Waals surface area (Å²) in [6.07, 6.45) is 3.16. The SMILES string of the molecule is COc1ccc(CC(CC(=O)O)NCC2CCCO2)cc1. The molecule has 0 bridgehead atoms. The van der Waals surface area contributed by atoms with Gasteiger partial charge in [-0.2, -0.15) is 0 Å². The van der Waals surface area contributed by atoms with Gasteiger partial charge in [-0.1, -0.05) is 12.1 Å². The number of carboxylic acid groups (broad SMARTS) is 1. The molecular weight excluding hydrogens is 270 g/mol. The van der Waals surface area contributed by atoms with Gasteiger partial charge >= 0.3 is 5.97 Å². The Labute approximate surface area is 125 Å². The van der Waals surface area contributed by atoms with E-state index in [1.165, 1.54) is 0 Å². The Morgan fingerprint density at radius 2 is 2.24 bits per heavy atom. The molecule has 1 fully saturated rings. The second kappa shape index (κ2) is 8.00. The summed E-state index contributed by atoms with van der Waals surface area (Å²) < 4.78 is 10.7. The molecular formula is C16H23NO4. The molecule has 5 heteroatoms. The van der Waals surface area contributed by atoms with Crippen LogP contribution in [0.25, 0.3) is 0 Å². The number of hydrogen-bond donors (Lipinski definition) is 2. The van der Waals surface area contributed by atoms with Gasteiger partial charge in [-0.05, 0) is 37.0 Å². The van der Waals surface area contributed by atoms with E-state index in [-0.39, 0.29) is 18.6 Å². The minimum Gasteiger partial charge on any atom is -0.497 e. The lowest BCUT2D eigenvalue weighted by molar-refractivity contribution is -0.137. The molecule has 1 aromatic rings. The van der Waals surface area contributed by atoms with Crippen LogP contribution < -0.4 is 10.1 Å². The van der Waals surface area contributed by atoms with Crippen LogP contribution in [0.4, 0.5) is 0 Å². The van der Waals surface area contributed by atoms with Gasteiger partial charge in [0.2, 0.25) is 0 Å². The van der Waals surface area contributed by atoms with Crippen molar-refractivity contribution < 1.29 is 19.4 Å². The van der Waals surface area contributed by atoms with Crippen LogP contribution in [0.1, 0.15) is 24.8 Å². The predicted molar refractivity (Wildman–Crippen MR) is 79.7 cm³/mol. The first-order valence-electron chi connectivity index (χ1n) is 7.37. The number of aliphatic carboxylic acids is 1. The van der Waals surface area contributed by atoms with Crippen molar-refractivity contribution in [2.45, 2.75) is 37.8 Å². The molecule has 1 saturated heterocycles. The third kappa shape index (κ3) is 5.36. The molecule has 1 aliphatic rings. The van der Waals surface area contributed by atoms with Gasteiger partial charge in [-0.25, -0.2) is 0 Å². The summed E-state index contributed by atoms with van der Waals surface area (Å²) in [4.78, 5) is 11.0. The van der Waals surface area contributed by atoms with E-state index >= 15 is 0 Å². The summed E-state index contributed by atoms with van der Waals surface area (Å²) in [5, 5.41) is 12.4. The fourth-order valence-electron chi connectivity index (χ4n) is 2.58. The molecule has 2 atom stereocenters. The highest BCUT2D eigenvalue weighted by atomic mass is 16.5. The summed E-state index contributed by atoms with van der Waals surface area (Å²) in [6, 6.07) is 7.66. The molecule has 0 aliphatic carbocycles. The number of hydrogen-bond acceptors (Lipinski definition) is 4. The molecule has 2 N–H and O–H groups in total. The van der Waals surface area contributed by atoms with Crippen LogP contribution in [0.3, 0.4) is 0 Å². The number of carboxylic acids is 1. The minimum absolute atomic E-state index is 0.0832. The lowest BCUT2D eigenvalue weighted by Crippen LogP contribution is -2.38. The number of methoxy groups -OCH3 is 1. The summed E-state index contributed by atoms with van der Waals surface area (Å²) >= 11 is 0. The van der Waals surface area contributed by atoms with Crippen LogP contribution in [0, 0.1) is 0 Å². The van der Waals surface area contributed by atoms with Gasteiger partial charge in [-0.3, -0.25) is 4.79 Å². The van der Waals surface area contributed by atoms with E-state index in [4.69, 9.17) is 14.6 Å². The molecule has 0 radical (unpaired) electrons. The van der Waals surface area contributed by atoms with Gasteiger partial charge in [0, 0.05) is 19.2 Å². The molecule has 1 heterocycles. The molecule has 1 aromatic carbocycles. The zero-order valence-corrected chi connectivity index (χ0v) is 12.4.